The Bertz CT molecular complexity index is 559. The van der Waals surface area contributed by atoms with Crippen molar-refractivity contribution < 1.29 is 4.74 Å². The smallest absolute Gasteiger partial charge is 0.119 e. The highest BCUT2D eigenvalue weighted by atomic mass is 16.5. The molecule has 0 saturated carbocycles. The highest BCUT2D eigenvalue weighted by Gasteiger charge is 2.23. The standard InChI is InChI=1S/C15H20N2O/c1-3-16-14-6-4-5-11-12-9-10(18-2)7-8-13(12)17-15(11)14/h7-9,14,16-17H,3-6H2,1-2H3. The van der Waals surface area contributed by atoms with E-state index in [4.69, 9.17) is 4.74 Å². The van der Waals surface area contributed by atoms with E-state index >= 15 is 0 Å². The number of hydrogen-bond acceptors (Lipinski definition) is 2. The lowest BCUT2D eigenvalue weighted by Crippen LogP contribution is -2.24. The van der Waals surface area contributed by atoms with Gasteiger partial charge in [0.05, 0.1) is 7.11 Å². The molecule has 0 radical (unpaired) electrons. The monoisotopic (exact) mass is 244 g/mol. The summed E-state index contributed by atoms with van der Waals surface area (Å²) in [6.45, 7) is 3.18. The molecule has 1 aliphatic rings. The average molecular weight is 244 g/mol. The molecular formula is C15H20N2O. The van der Waals surface area contributed by atoms with Crippen LogP contribution in [0.25, 0.3) is 10.9 Å². The number of aromatic nitrogens is 1. The zero-order valence-electron chi connectivity index (χ0n) is 11.0. The molecule has 1 unspecified atom stereocenters. The van der Waals surface area contributed by atoms with Crippen LogP contribution in [-0.4, -0.2) is 18.6 Å². The number of benzene rings is 1. The summed E-state index contributed by atoms with van der Waals surface area (Å²) in [7, 11) is 1.72. The minimum Gasteiger partial charge on any atom is -0.497 e. The molecule has 3 heteroatoms. The number of H-pyrrole nitrogens is 1. The van der Waals surface area contributed by atoms with E-state index in [-0.39, 0.29) is 0 Å². The molecule has 3 nitrogen and oxygen atoms in total. The highest BCUT2D eigenvalue weighted by molar-refractivity contribution is 5.86. The molecule has 2 N–H and O–H groups in total. The quantitative estimate of drug-likeness (QED) is 0.870. The Morgan fingerprint density at radius 1 is 1.44 bits per heavy atom. The number of methoxy groups -OCH3 is 1. The summed E-state index contributed by atoms with van der Waals surface area (Å²) < 4.78 is 5.33. The Morgan fingerprint density at radius 2 is 2.33 bits per heavy atom. The second-order valence-corrected chi connectivity index (χ2v) is 4.93. The second-order valence-electron chi connectivity index (χ2n) is 4.93. The van der Waals surface area contributed by atoms with E-state index in [1.54, 1.807) is 7.11 Å². The van der Waals surface area contributed by atoms with Gasteiger partial charge in [0.25, 0.3) is 0 Å². The third-order valence-corrected chi connectivity index (χ3v) is 3.86. The summed E-state index contributed by atoms with van der Waals surface area (Å²) in [6.07, 6.45) is 3.66. The van der Waals surface area contributed by atoms with Gasteiger partial charge in [-0.3, -0.25) is 0 Å². The van der Waals surface area contributed by atoms with Gasteiger partial charge >= 0.3 is 0 Å². The average Bonchev–Trinajstić information content (AvgIpc) is 2.78. The molecule has 3 rings (SSSR count). The van der Waals surface area contributed by atoms with E-state index in [9.17, 15) is 0 Å². The minimum absolute atomic E-state index is 0.483. The molecule has 0 amide bonds. The van der Waals surface area contributed by atoms with Crippen LogP contribution in [0.3, 0.4) is 0 Å². The second kappa shape index (κ2) is 4.65. The van der Waals surface area contributed by atoms with Crippen LogP contribution in [-0.2, 0) is 6.42 Å². The zero-order valence-corrected chi connectivity index (χ0v) is 11.0. The Balaban J connectivity index is 2.12. The molecule has 0 fully saturated rings. The number of aromatic amines is 1. The van der Waals surface area contributed by atoms with Gasteiger partial charge in [-0.25, -0.2) is 0 Å². The van der Waals surface area contributed by atoms with Crippen LogP contribution >= 0.6 is 0 Å². The Labute approximate surface area is 108 Å². The third kappa shape index (κ3) is 1.79. The zero-order chi connectivity index (χ0) is 12.5. The maximum Gasteiger partial charge on any atom is 0.119 e. The molecule has 18 heavy (non-hydrogen) atoms. The van der Waals surface area contributed by atoms with Gasteiger partial charge in [-0.05, 0) is 49.6 Å². The molecular weight excluding hydrogens is 224 g/mol. The van der Waals surface area contributed by atoms with Crippen molar-refractivity contribution in [1.29, 1.82) is 0 Å². The van der Waals surface area contributed by atoms with Crippen molar-refractivity contribution in [2.24, 2.45) is 0 Å². The number of nitrogens with one attached hydrogen (secondary N) is 2. The van der Waals surface area contributed by atoms with Crippen molar-refractivity contribution in [3.63, 3.8) is 0 Å². The van der Waals surface area contributed by atoms with Crippen LogP contribution in [0, 0.1) is 0 Å². The van der Waals surface area contributed by atoms with Crippen molar-refractivity contribution in [3.8, 4) is 5.75 Å². The highest BCUT2D eigenvalue weighted by Crippen LogP contribution is 2.35. The van der Waals surface area contributed by atoms with Crippen LogP contribution in [0.4, 0.5) is 0 Å². The van der Waals surface area contributed by atoms with E-state index < -0.39 is 0 Å². The first-order valence-corrected chi connectivity index (χ1v) is 6.75. The minimum atomic E-state index is 0.483. The fraction of sp³-hybridized carbons (Fsp3) is 0.467. The van der Waals surface area contributed by atoms with E-state index in [0.29, 0.717) is 6.04 Å². The maximum atomic E-state index is 5.33. The first-order chi connectivity index (χ1) is 8.83. The normalized spacial score (nSPS) is 18.9. The van der Waals surface area contributed by atoms with Gasteiger partial charge in [-0.1, -0.05) is 6.92 Å². The molecule has 1 aromatic heterocycles. The summed E-state index contributed by atoms with van der Waals surface area (Å²) in [5.74, 6) is 0.940. The molecule has 1 heterocycles. The molecule has 0 saturated heterocycles. The third-order valence-electron chi connectivity index (χ3n) is 3.86. The SMILES string of the molecule is CCNC1CCCc2c1[nH]c1ccc(OC)cc21. The van der Waals surface area contributed by atoms with Gasteiger partial charge in [0, 0.05) is 22.6 Å². The van der Waals surface area contributed by atoms with Gasteiger partial charge in [0.15, 0.2) is 0 Å². The van der Waals surface area contributed by atoms with Crippen molar-refractivity contribution in [2.75, 3.05) is 13.7 Å². The molecule has 1 atom stereocenters. The van der Waals surface area contributed by atoms with Gasteiger partial charge in [-0.15, -0.1) is 0 Å². The summed E-state index contributed by atoms with van der Waals surface area (Å²) in [5, 5.41) is 4.89. The first-order valence-electron chi connectivity index (χ1n) is 6.75. The fourth-order valence-electron chi connectivity index (χ4n) is 3.02. The number of aryl methyl sites for hydroxylation is 1. The predicted octanol–water partition coefficient (Wildman–Crippen LogP) is 3.16. The van der Waals surface area contributed by atoms with Crippen molar-refractivity contribution in [1.82, 2.24) is 10.3 Å². The lowest BCUT2D eigenvalue weighted by atomic mass is 9.91. The summed E-state index contributed by atoms with van der Waals surface area (Å²) >= 11 is 0. The summed E-state index contributed by atoms with van der Waals surface area (Å²) in [6, 6.07) is 6.78. The Hall–Kier alpha value is -1.48. The van der Waals surface area contributed by atoms with Crippen LogP contribution in [0.1, 0.15) is 37.1 Å². The molecule has 1 aliphatic carbocycles. The van der Waals surface area contributed by atoms with E-state index in [1.807, 2.05) is 6.07 Å². The molecule has 0 aliphatic heterocycles. The largest absolute Gasteiger partial charge is 0.497 e. The van der Waals surface area contributed by atoms with Crippen LogP contribution in [0.2, 0.25) is 0 Å². The molecule has 1 aromatic carbocycles. The maximum absolute atomic E-state index is 5.33. The number of ether oxygens (including phenoxy) is 1. The van der Waals surface area contributed by atoms with E-state index in [2.05, 4.69) is 29.4 Å². The van der Waals surface area contributed by atoms with Gasteiger partial charge in [-0.2, -0.15) is 0 Å². The Kier molecular flexibility index (Phi) is 3.00. The molecule has 0 bridgehead atoms. The van der Waals surface area contributed by atoms with Gasteiger partial charge in [0.2, 0.25) is 0 Å². The lowest BCUT2D eigenvalue weighted by molar-refractivity contribution is 0.415. The van der Waals surface area contributed by atoms with Crippen molar-refractivity contribution in [2.45, 2.75) is 32.2 Å². The number of hydrogen-bond donors (Lipinski definition) is 2. The van der Waals surface area contributed by atoms with Gasteiger partial charge in [0.1, 0.15) is 5.75 Å². The van der Waals surface area contributed by atoms with E-state index in [1.165, 1.54) is 41.4 Å². The molecule has 96 valence electrons. The first kappa shape index (κ1) is 11.6. The molecule has 2 aromatic rings. The van der Waals surface area contributed by atoms with Crippen molar-refractivity contribution >= 4 is 10.9 Å². The fourth-order valence-corrected chi connectivity index (χ4v) is 3.02. The number of fused-ring (bicyclic) bond motifs is 3. The van der Waals surface area contributed by atoms with Crippen LogP contribution < -0.4 is 10.1 Å². The van der Waals surface area contributed by atoms with Crippen LogP contribution in [0.15, 0.2) is 18.2 Å². The number of rotatable bonds is 3. The lowest BCUT2D eigenvalue weighted by Gasteiger charge is -2.23. The topological polar surface area (TPSA) is 37.0 Å². The van der Waals surface area contributed by atoms with Crippen molar-refractivity contribution in [3.05, 3.63) is 29.5 Å². The Morgan fingerprint density at radius 3 is 3.11 bits per heavy atom. The van der Waals surface area contributed by atoms with Crippen LogP contribution in [0.5, 0.6) is 5.75 Å². The van der Waals surface area contributed by atoms with Gasteiger partial charge < -0.3 is 15.0 Å². The van der Waals surface area contributed by atoms with E-state index in [0.717, 1.165) is 12.3 Å². The summed E-state index contributed by atoms with van der Waals surface area (Å²) in [4.78, 5) is 3.58. The molecule has 0 spiro atoms. The predicted molar refractivity (Wildman–Crippen MR) is 74.2 cm³/mol. The summed E-state index contributed by atoms with van der Waals surface area (Å²) in [5.41, 5.74) is 4.08.